The van der Waals surface area contributed by atoms with Crippen LogP contribution in [0.5, 0.6) is 0 Å². The van der Waals surface area contributed by atoms with Crippen molar-refractivity contribution in [2.45, 2.75) is 32.2 Å². The fourth-order valence-corrected chi connectivity index (χ4v) is 2.31. The van der Waals surface area contributed by atoms with Gasteiger partial charge in [-0.25, -0.2) is 9.97 Å². The van der Waals surface area contributed by atoms with E-state index in [4.69, 9.17) is 0 Å². The van der Waals surface area contributed by atoms with Gasteiger partial charge in [0.1, 0.15) is 5.82 Å². The number of rotatable bonds is 3. The number of hydrogen-bond acceptors (Lipinski definition) is 4. The summed E-state index contributed by atoms with van der Waals surface area (Å²) >= 11 is 0. The van der Waals surface area contributed by atoms with Crippen LogP contribution in [0.2, 0.25) is 0 Å². The van der Waals surface area contributed by atoms with E-state index in [0.717, 1.165) is 38.5 Å². The fraction of sp³-hybridized carbons (Fsp3) is 0.692. The van der Waals surface area contributed by atoms with Gasteiger partial charge < -0.3 is 5.32 Å². The van der Waals surface area contributed by atoms with Crippen molar-refractivity contribution in [1.82, 2.24) is 20.2 Å². The van der Waals surface area contributed by atoms with Gasteiger partial charge in [-0.15, -0.1) is 0 Å². The molecule has 3 rings (SSSR count). The van der Waals surface area contributed by atoms with Crippen molar-refractivity contribution in [1.29, 1.82) is 0 Å². The van der Waals surface area contributed by atoms with Gasteiger partial charge in [0.2, 0.25) is 0 Å². The van der Waals surface area contributed by atoms with E-state index >= 15 is 0 Å². The van der Waals surface area contributed by atoms with E-state index in [1.165, 1.54) is 24.1 Å². The first-order chi connectivity index (χ1) is 8.33. The highest BCUT2D eigenvalue weighted by atomic mass is 15.2. The van der Waals surface area contributed by atoms with Crippen LogP contribution in [0.15, 0.2) is 6.20 Å². The molecule has 4 heteroatoms. The molecule has 1 aromatic heterocycles. The Labute approximate surface area is 102 Å². The lowest BCUT2D eigenvalue weighted by Crippen LogP contribution is -2.43. The maximum Gasteiger partial charge on any atom is 0.131 e. The van der Waals surface area contributed by atoms with Crippen molar-refractivity contribution in [3.63, 3.8) is 0 Å². The predicted octanol–water partition coefficient (Wildman–Crippen LogP) is 1.07. The molecule has 17 heavy (non-hydrogen) atoms. The molecule has 4 nitrogen and oxygen atoms in total. The molecule has 1 saturated heterocycles. The zero-order chi connectivity index (χ0) is 11.7. The first-order valence-corrected chi connectivity index (χ1v) is 6.58. The Hall–Kier alpha value is -1.00. The minimum Gasteiger partial charge on any atom is -0.314 e. The van der Waals surface area contributed by atoms with Crippen molar-refractivity contribution < 1.29 is 0 Å². The third-order valence-electron chi connectivity index (χ3n) is 3.65. The van der Waals surface area contributed by atoms with Crippen LogP contribution < -0.4 is 5.32 Å². The smallest absolute Gasteiger partial charge is 0.131 e. The second-order valence-corrected chi connectivity index (χ2v) is 5.14. The standard InChI is InChI=1S/C13H20N4/c1-10-12(9-17-6-4-14-5-7-17)8-15-13(16-10)11-2-3-11/h8,11,14H,2-7,9H2,1H3. The van der Waals surface area contributed by atoms with Crippen molar-refractivity contribution in [3.05, 3.63) is 23.3 Å². The van der Waals surface area contributed by atoms with E-state index in [9.17, 15) is 0 Å². The molecule has 0 aromatic carbocycles. The van der Waals surface area contributed by atoms with Gasteiger partial charge in [-0.2, -0.15) is 0 Å². The van der Waals surface area contributed by atoms with Crippen LogP contribution >= 0.6 is 0 Å². The topological polar surface area (TPSA) is 41.1 Å². The van der Waals surface area contributed by atoms with E-state index in [1.807, 2.05) is 6.20 Å². The SMILES string of the molecule is Cc1nc(C2CC2)ncc1CN1CCNCC1. The molecular formula is C13H20N4. The van der Waals surface area contributed by atoms with Crippen LogP contribution in [-0.4, -0.2) is 41.0 Å². The quantitative estimate of drug-likeness (QED) is 0.846. The summed E-state index contributed by atoms with van der Waals surface area (Å²) in [5.74, 6) is 1.72. The monoisotopic (exact) mass is 232 g/mol. The molecule has 1 aliphatic carbocycles. The van der Waals surface area contributed by atoms with Gasteiger partial charge in [0.15, 0.2) is 0 Å². The van der Waals surface area contributed by atoms with Crippen LogP contribution in [0.4, 0.5) is 0 Å². The van der Waals surface area contributed by atoms with Gasteiger partial charge in [0, 0.05) is 56.1 Å². The Morgan fingerprint density at radius 2 is 2.12 bits per heavy atom. The highest BCUT2D eigenvalue weighted by molar-refractivity contribution is 5.19. The normalized spacial score (nSPS) is 21.7. The van der Waals surface area contributed by atoms with Crippen LogP contribution in [0.1, 0.15) is 35.8 Å². The Morgan fingerprint density at radius 3 is 2.76 bits per heavy atom. The highest BCUT2D eigenvalue weighted by Crippen LogP contribution is 2.37. The molecule has 0 atom stereocenters. The van der Waals surface area contributed by atoms with E-state index in [0.29, 0.717) is 5.92 Å². The van der Waals surface area contributed by atoms with Crippen molar-refractivity contribution in [2.24, 2.45) is 0 Å². The maximum atomic E-state index is 4.65. The van der Waals surface area contributed by atoms with E-state index in [1.54, 1.807) is 0 Å². The third kappa shape index (κ3) is 2.64. The van der Waals surface area contributed by atoms with E-state index in [2.05, 4.69) is 27.1 Å². The minimum absolute atomic E-state index is 0.655. The lowest BCUT2D eigenvalue weighted by atomic mass is 10.2. The third-order valence-corrected chi connectivity index (χ3v) is 3.65. The first-order valence-electron chi connectivity index (χ1n) is 6.58. The summed E-state index contributed by atoms with van der Waals surface area (Å²) in [7, 11) is 0. The Balaban J connectivity index is 1.69. The zero-order valence-corrected chi connectivity index (χ0v) is 10.4. The second kappa shape index (κ2) is 4.70. The molecule has 2 aliphatic rings. The second-order valence-electron chi connectivity index (χ2n) is 5.14. The van der Waals surface area contributed by atoms with Crippen LogP contribution in [0.25, 0.3) is 0 Å². The lowest BCUT2D eigenvalue weighted by molar-refractivity contribution is 0.232. The van der Waals surface area contributed by atoms with Crippen LogP contribution in [0, 0.1) is 6.92 Å². The molecule has 92 valence electrons. The van der Waals surface area contributed by atoms with Crippen molar-refractivity contribution in [2.75, 3.05) is 26.2 Å². The van der Waals surface area contributed by atoms with Gasteiger partial charge in [-0.1, -0.05) is 0 Å². The molecule has 0 unspecified atom stereocenters. The average molecular weight is 232 g/mol. The van der Waals surface area contributed by atoms with Crippen LogP contribution in [0.3, 0.4) is 0 Å². The van der Waals surface area contributed by atoms with Gasteiger partial charge in [0.25, 0.3) is 0 Å². The van der Waals surface area contributed by atoms with Gasteiger partial charge >= 0.3 is 0 Å². The van der Waals surface area contributed by atoms with Crippen molar-refractivity contribution >= 4 is 0 Å². The molecule has 1 aromatic rings. The maximum absolute atomic E-state index is 4.65. The molecule has 1 aliphatic heterocycles. The summed E-state index contributed by atoms with van der Waals surface area (Å²) in [5, 5.41) is 3.37. The number of nitrogens with zero attached hydrogens (tertiary/aromatic N) is 3. The molecule has 2 fully saturated rings. The number of nitrogens with one attached hydrogen (secondary N) is 1. The number of piperazine rings is 1. The summed E-state index contributed by atoms with van der Waals surface area (Å²) in [6.45, 7) is 7.57. The lowest BCUT2D eigenvalue weighted by Gasteiger charge is -2.27. The van der Waals surface area contributed by atoms with Gasteiger partial charge in [-0.3, -0.25) is 4.90 Å². The molecule has 2 heterocycles. The molecule has 0 amide bonds. The Kier molecular flexibility index (Phi) is 3.07. The van der Waals surface area contributed by atoms with Gasteiger partial charge in [0.05, 0.1) is 0 Å². The van der Waals surface area contributed by atoms with E-state index in [-0.39, 0.29) is 0 Å². The van der Waals surface area contributed by atoms with E-state index < -0.39 is 0 Å². The summed E-state index contributed by atoms with van der Waals surface area (Å²) in [6.07, 6.45) is 4.59. The number of hydrogen-bond donors (Lipinski definition) is 1. The number of aryl methyl sites for hydroxylation is 1. The summed E-state index contributed by atoms with van der Waals surface area (Å²) in [5.41, 5.74) is 2.46. The molecule has 1 N–H and O–H groups in total. The minimum atomic E-state index is 0.655. The Bertz CT molecular complexity index is 394. The first kappa shape index (κ1) is 11.1. The highest BCUT2D eigenvalue weighted by Gasteiger charge is 2.26. The van der Waals surface area contributed by atoms with Crippen molar-refractivity contribution in [3.8, 4) is 0 Å². The largest absolute Gasteiger partial charge is 0.314 e. The van der Waals surface area contributed by atoms with Crippen LogP contribution in [-0.2, 0) is 6.54 Å². The molecule has 0 bridgehead atoms. The summed E-state index contributed by atoms with van der Waals surface area (Å²) in [6, 6.07) is 0. The predicted molar refractivity (Wildman–Crippen MR) is 66.9 cm³/mol. The summed E-state index contributed by atoms with van der Waals surface area (Å²) < 4.78 is 0. The Morgan fingerprint density at radius 1 is 1.35 bits per heavy atom. The zero-order valence-electron chi connectivity index (χ0n) is 10.4. The average Bonchev–Trinajstić information content (AvgIpc) is 3.17. The number of aromatic nitrogens is 2. The fourth-order valence-electron chi connectivity index (χ4n) is 2.31. The van der Waals surface area contributed by atoms with Gasteiger partial charge in [-0.05, 0) is 19.8 Å². The molecule has 0 radical (unpaired) electrons. The molecular weight excluding hydrogens is 212 g/mol. The molecule has 1 saturated carbocycles. The summed E-state index contributed by atoms with van der Waals surface area (Å²) in [4.78, 5) is 11.6. The molecule has 0 spiro atoms.